The molecule has 5 heteroatoms. The van der Waals surface area contributed by atoms with Gasteiger partial charge in [0.05, 0.1) is 5.60 Å². The summed E-state index contributed by atoms with van der Waals surface area (Å²) in [5.74, 6) is -0.132. The highest BCUT2D eigenvalue weighted by Crippen LogP contribution is 2.48. The van der Waals surface area contributed by atoms with Gasteiger partial charge in [0.15, 0.2) is 0 Å². The molecule has 0 spiro atoms. The van der Waals surface area contributed by atoms with Crippen molar-refractivity contribution in [3.8, 4) is 0 Å². The van der Waals surface area contributed by atoms with Gasteiger partial charge in [0.2, 0.25) is 0 Å². The molecule has 2 N–H and O–H groups in total. The first kappa shape index (κ1) is 22.6. The standard InChI is InChI=1S/C26H26Cl3NO/c1-16-24(18-7-11-21(27)12-8-18)30-25(19-9-13-22(28)14-10-19)17(2)26(16,31)15-20-5-3-4-6-23(20)29/h3-14,16-17,24-25,30-31H,15H2,1-2H3/t16-,17+,24-,25-,26?/m0/s1. The van der Waals surface area contributed by atoms with E-state index in [2.05, 4.69) is 19.2 Å². The highest BCUT2D eigenvalue weighted by atomic mass is 35.5. The topological polar surface area (TPSA) is 32.3 Å². The molecule has 0 amide bonds. The number of halogens is 3. The van der Waals surface area contributed by atoms with Gasteiger partial charge in [-0.25, -0.2) is 0 Å². The van der Waals surface area contributed by atoms with E-state index in [0.29, 0.717) is 21.5 Å². The van der Waals surface area contributed by atoms with E-state index in [0.717, 1.165) is 16.7 Å². The molecule has 1 saturated heterocycles. The van der Waals surface area contributed by atoms with Crippen molar-refractivity contribution in [3.05, 3.63) is 105 Å². The molecule has 1 fully saturated rings. The van der Waals surface area contributed by atoms with Gasteiger partial charge in [0, 0.05) is 45.4 Å². The first-order chi connectivity index (χ1) is 14.8. The fraction of sp³-hybridized carbons (Fsp3) is 0.308. The molecule has 3 aromatic carbocycles. The number of piperidine rings is 1. The molecule has 31 heavy (non-hydrogen) atoms. The molecule has 1 unspecified atom stereocenters. The van der Waals surface area contributed by atoms with Gasteiger partial charge in [0.25, 0.3) is 0 Å². The molecule has 1 heterocycles. The van der Waals surface area contributed by atoms with Crippen molar-refractivity contribution in [1.29, 1.82) is 0 Å². The van der Waals surface area contributed by atoms with E-state index in [9.17, 15) is 5.11 Å². The Labute approximate surface area is 199 Å². The van der Waals surface area contributed by atoms with Crippen LogP contribution in [0, 0.1) is 11.8 Å². The second-order valence-electron chi connectivity index (χ2n) is 8.56. The van der Waals surface area contributed by atoms with E-state index >= 15 is 0 Å². The van der Waals surface area contributed by atoms with Crippen LogP contribution < -0.4 is 5.32 Å². The summed E-state index contributed by atoms with van der Waals surface area (Å²) in [7, 11) is 0. The van der Waals surface area contributed by atoms with Crippen LogP contribution in [0.1, 0.15) is 42.6 Å². The summed E-state index contributed by atoms with van der Waals surface area (Å²) in [5, 5.41) is 18.1. The Morgan fingerprint density at radius 3 is 1.65 bits per heavy atom. The first-order valence-electron chi connectivity index (χ1n) is 10.5. The third kappa shape index (κ3) is 4.51. The summed E-state index contributed by atoms with van der Waals surface area (Å²) in [5.41, 5.74) is 2.17. The van der Waals surface area contributed by atoms with Crippen molar-refractivity contribution in [1.82, 2.24) is 5.32 Å². The van der Waals surface area contributed by atoms with Crippen molar-refractivity contribution in [2.24, 2.45) is 11.8 Å². The quantitative estimate of drug-likeness (QED) is 0.416. The zero-order chi connectivity index (χ0) is 22.2. The second-order valence-corrected chi connectivity index (χ2v) is 9.84. The minimum absolute atomic E-state index is 0.0540. The fourth-order valence-corrected chi connectivity index (χ4v) is 5.31. The lowest BCUT2D eigenvalue weighted by atomic mass is 9.64. The Bertz CT molecular complexity index is 978. The maximum Gasteiger partial charge on any atom is 0.0775 e. The van der Waals surface area contributed by atoms with Crippen LogP contribution in [0.15, 0.2) is 72.8 Å². The lowest BCUT2D eigenvalue weighted by Crippen LogP contribution is -2.58. The van der Waals surface area contributed by atoms with Crippen molar-refractivity contribution in [2.75, 3.05) is 0 Å². The van der Waals surface area contributed by atoms with E-state index in [1.165, 1.54) is 0 Å². The van der Waals surface area contributed by atoms with E-state index in [1.54, 1.807) is 0 Å². The minimum Gasteiger partial charge on any atom is -0.389 e. The molecule has 2 nitrogen and oxygen atoms in total. The molecule has 5 atom stereocenters. The smallest absolute Gasteiger partial charge is 0.0775 e. The average Bonchev–Trinajstić information content (AvgIpc) is 2.76. The molecule has 0 bridgehead atoms. The van der Waals surface area contributed by atoms with E-state index < -0.39 is 5.60 Å². The van der Waals surface area contributed by atoms with E-state index in [-0.39, 0.29) is 23.9 Å². The minimum atomic E-state index is -0.981. The van der Waals surface area contributed by atoms with Crippen molar-refractivity contribution < 1.29 is 5.11 Å². The summed E-state index contributed by atoms with van der Waals surface area (Å²) in [6.45, 7) is 4.22. The van der Waals surface area contributed by atoms with Crippen LogP contribution in [0.5, 0.6) is 0 Å². The Hall–Kier alpha value is -1.55. The molecule has 3 aromatic rings. The Morgan fingerprint density at radius 1 is 0.742 bits per heavy atom. The fourth-order valence-electron chi connectivity index (χ4n) is 4.85. The first-order valence-corrected chi connectivity index (χ1v) is 11.7. The van der Waals surface area contributed by atoms with E-state index in [1.807, 2.05) is 72.8 Å². The van der Waals surface area contributed by atoms with Crippen LogP contribution in [0.25, 0.3) is 0 Å². The lowest BCUT2D eigenvalue weighted by Gasteiger charge is -2.52. The Balaban J connectivity index is 1.78. The molecule has 4 rings (SSSR count). The van der Waals surface area contributed by atoms with E-state index in [4.69, 9.17) is 34.8 Å². The van der Waals surface area contributed by atoms with Crippen LogP contribution in [0.2, 0.25) is 15.1 Å². The average molecular weight is 475 g/mol. The Morgan fingerprint density at radius 2 is 1.19 bits per heavy atom. The number of rotatable bonds is 4. The van der Waals surface area contributed by atoms with Gasteiger partial charge in [-0.1, -0.05) is 91.1 Å². The van der Waals surface area contributed by atoms with Crippen molar-refractivity contribution >= 4 is 34.8 Å². The zero-order valence-corrected chi connectivity index (χ0v) is 19.8. The van der Waals surface area contributed by atoms with Gasteiger partial charge in [-0.15, -0.1) is 0 Å². The van der Waals surface area contributed by atoms with Crippen molar-refractivity contribution in [3.63, 3.8) is 0 Å². The normalized spacial score (nSPS) is 28.5. The van der Waals surface area contributed by atoms with Gasteiger partial charge < -0.3 is 10.4 Å². The van der Waals surface area contributed by atoms with Crippen LogP contribution in [-0.4, -0.2) is 10.7 Å². The Kier molecular flexibility index (Phi) is 6.67. The molecule has 0 aliphatic carbocycles. The third-order valence-electron chi connectivity index (χ3n) is 6.83. The van der Waals surface area contributed by atoms with Gasteiger partial charge in [-0.05, 0) is 47.0 Å². The second kappa shape index (κ2) is 9.13. The maximum atomic E-state index is 12.2. The highest BCUT2D eigenvalue weighted by molar-refractivity contribution is 6.31. The molecular weight excluding hydrogens is 449 g/mol. The summed E-state index contributed by atoms with van der Waals surface area (Å²) < 4.78 is 0. The molecule has 0 saturated carbocycles. The van der Waals surface area contributed by atoms with Gasteiger partial charge in [-0.3, -0.25) is 0 Å². The van der Waals surface area contributed by atoms with Crippen LogP contribution in [0.3, 0.4) is 0 Å². The monoisotopic (exact) mass is 473 g/mol. The maximum absolute atomic E-state index is 12.2. The third-order valence-corrected chi connectivity index (χ3v) is 7.70. The number of nitrogens with one attached hydrogen (secondary N) is 1. The predicted molar refractivity (Wildman–Crippen MR) is 130 cm³/mol. The molecule has 1 aliphatic heterocycles. The summed E-state index contributed by atoms with van der Waals surface area (Å²) in [4.78, 5) is 0. The number of aliphatic hydroxyl groups is 1. The molecule has 0 aromatic heterocycles. The SMILES string of the molecule is C[C@@H]1[C@@H](c2ccc(Cl)cc2)N[C@H](c2ccc(Cl)cc2)[C@H](C)C1(O)Cc1ccccc1Cl. The van der Waals surface area contributed by atoms with Crippen molar-refractivity contribution in [2.45, 2.75) is 38.0 Å². The summed E-state index contributed by atoms with van der Waals surface area (Å²) >= 11 is 18.8. The summed E-state index contributed by atoms with van der Waals surface area (Å²) in [6, 6.07) is 23.4. The molecule has 0 radical (unpaired) electrons. The number of benzene rings is 3. The zero-order valence-electron chi connectivity index (χ0n) is 17.5. The number of hydrogen-bond donors (Lipinski definition) is 2. The largest absolute Gasteiger partial charge is 0.389 e. The number of hydrogen-bond acceptors (Lipinski definition) is 2. The van der Waals surface area contributed by atoms with Crippen LogP contribution in [-0.2, 0) is 6.42 Å². The molecule has 162 valence electrons. The summed E-state index contributed by atoms with van der Waals surface area (Å²) in [6.07, 6.45) is 0.477. The van der Waals surface area contributed by atoms with Crippen LogP contribution in [0.4, 0.5) is 0 Å². The molecular formula is C26H26Cl3NO. The molecule has 1 aliphatic rings. The van der Waals surface area contributed by atoms with Gasteiger partial charge in [-0.2, -0.15) is 0 Å². The van der Waals surface area contributed by atoms with Crippen LogP contribution >= 0.6 is 34.8 Å². The lowest BCUT2D eigenvalue weighted by molar-refractivity contribution is -0.110. The van der Waals surface area contributed by atoms with Gasteiger partial charge >= 0.3 is 0 Å². The predicted octanol–water partition coefficient (Wildman–Crippen LogP) is 7.28. The van der Waals surface area contributed by atoms with Gasteiger partial charge in [0.1, 0.15) is 0 Å². The highest BCUT2D eigenvalue weighted by Gasteiger charge is 2.51.